The van der Waals surface area contributed by atoms with Crippen molar-refractivity contribution in [1.29, 1.82) is 5.41 Å². The fraction of sp³-hybridized carbons (Fsp3) is 0.667. The fourth-order valence-electron chi connectivity index (χ4n) is 2.10. The van der Waals surface area contributed by atoms with Crippen LogP contribution in [0.4, 0.5) is 0 Å². The van der Waals surface area contributed by atoms with Gasteiger partial charge in [-0.1, -0.05) is 0 Å². The van der Waals surface area contributed by atoms with Crippen LogP contribution in [0, 0.1) is 5.41 Å². The summed E-state index contributed by atoms with van der Waals surface area (Å²) in [6.45, 7) is 7.40. The SMILES string of the molecule is CCOC(=O)C(=N)C1=C(NCC(=O)OC(C)(C)C)CCC1. The Morgan fingerprint density at radius 1 is 1.29 bits per heavy atom. The largest absolute Gasteiger partial charge is 0.461 e. The van der Waals surface area contributed by atoms with E-state index in [1.54, 1.807) is 6.92 Å². The summed E-state index contributed by atoms with van der Waals surface area (Å²) < 4.78 is 10.0. The molecule has 0 aromatic rings. The van der Waals surface area contributed by atoms with Gasteiger partial charge in [-0.2, -0.15) is 0 Å². The Bertz CT molecular complexity index is 461. The molecule has 1 aliphatic rings. The standard InChI is InChI=1S/C15H24N2O4/c1-5-20-14(19)13(16)10-7-6-8-11(10)17-9-12(18)21-15(2,3)4/h16-17H,5-9H2,1-4H3. The molecular weight excluding hydrogens is 272 g/mol. The lowest BCUT2D eigenvalue weighted by atomic mass is 10.1. The molecule has 2 N–H and O–H groups in total. The van der Waals surface area contributed by atoms with Crippen LogP contribution in [-0.2, 0) is 19.1 Å². The predicted octanol–water partition coefficient (Wildman–Crippen LogP) is 1.94. The van der Waals surface area contributed by atoms with Crippen LogP contribution in [0.25, 0.3) is 0 Å². The number of carbonyl (C=O) groups excluding carboxylic acids is 2. The Morgan fingerprint density at radius 3 is 2.52 bits per heavy atom. The van der Waals surface area contributed by atoms with Crippen LogP contribution >= 0.6 is 0 Å². The van der Waals surface area contributed by atoms with Crippen LogP contribution in [0.2, 0.25) is 0 Å². The van der Waals surface area contributed by atoms with Crippen LogP contribution in [0.3, 0.4) is 0 Å². The number of hydrogen-bond acceptors (Lipinski definition) is 6. The van der Waals surface area contributed by atoms with E-state index in [9.17, 15) is 9.59 Å². The summed E-state index contributed by atoms with van der Waals surface area (Å²) >= 11 is 0. The van der Waals surface area contributed by atoms with Gasteiger partial charge in [0.05, 0.1) is 6.61 Å². The molecule has 0 saturated carbocycles. The molecule has 118 valence electrons. The zero-order chi connectivity index (χ0) is 16.0. The summed E-state index contributed by atoms with van der Waals surface area (Å²) in [6, 6.07) is 0. The maximum absolute atomic E-state index is 11.7. The summed E-state index contributed by atoms with van der Waals surface area (Å²) in [5.74, 6) is -0.977. The molecule has 0 amide bonds. The third kappa shape index (κ3) is 5.57. The molecule has 0 atom stereocenters. The van der Waals surface area contributed by atoms with Crippen molar-refractivity contribution >= 4 is 17.7 Å². The molecule has 0 radical (unpaired) electrons. The van der Waals surface area contributed by atoms with Gasteiger partial charge in [0, 0.05) is 11.3 Å². The summed E-state index contributed by atoms with van der Waals surface area (Å²) in [7, 11) is 0. The molecule has 0 heterocycles. The highest BCUT2D eigenvalue weighted by molar-refractivity contribution is 6.42. The quantitative estimate of drug-likeness (QED) is 0.577. The smallest absolute Gasteiger partial charge is 0.356 e. The molecule has 0 aliphatic heterocycles. The molecule has 6 nitrogen and oxygen atoms in total. The molecule has 1 aliphatic carbocycles. The van der Waals surface area contributed by atoms with Crippen molar-refractivity contribution in [3.8, 4) is 0 Å². The van der Waals surface area contributed by atoms with E-state index in [2.05, 4.69) is 5.32 Å². The van der Waals surface area contributed by atoms with Gasteiger partial charge >= 0.3 is 11.9 Å². The third-order valence-electron chi connectivity index (χ3n) is 2.87. The van der Waals surface area contributed by atoms with Crippen molar-refractivity contribution in [1.82, 2.24) is 5.32 Å². The average molecular weight is 296 g/mol. The van der Waals surface area contributed by atoms with Crippen LogP contribution in [0.1, 0.15) is 47.0 Å². The number of ether oxygens (including phenoxy) is 2. The van der Waals surface area contributed by atoms with Crippen LogP contribution in [0.5, 0.6) is 0 Å². The average Bonchev–Trinajstić information content (AvgIpc) is 2.81. The molecule has 1 rings (SSSR count). The topological polar surface area (TPSA) is 88.5 Å². The number of rotatable bonds is 6. The number of hydrogen-bond donors (Lipinski definition) is 2. The van der Waals surface area contributed by atoms with E-state index < -0.39 is 11.6 Å². The lowest BCUT2D eigenvalue weighted by Gasteiger charge is -2.20. The number of carbonyl (C=O) groups is 2. The summed E-state index contributed by atoms with van der Waals surface area (Å²) in [6.07, 6.45) is 2.22. The predicted molar refractivity (Wildman–Crippen MR) is 79.1 cm³/mol. The number of esters is 2. The van der Waals surface area contributed by atoms with Gasteiger partial charge in [-0.15, -0.1) is 0 Å². The molecule has 0 unspecified atom stereocenters. The van der Waals surface area contributed by atoms with Gasteiger partial charge in [-0.25, -0.2) is 4.79 Å². The maximum Gasteiger partial charge on any atom is 0.356 e. The molecule has 0 bridgehead atoms. The van der Waals surface area contributed by atoms with Crippen molar-refractivity contribution in [3.05, 3.63) is 11.3 Å². The molecule has 0 spiro atoms. The molecule has 21 heavy (non-hydrogen) atoms. The van der Waals surface area contributed by atoms with Crippen molar-refractivity contribution < 1.29 is 19.1 Å². The Kier molecular flexibility index (Phi) is 5.93. The minimum atomic E-state index is -0.619. The number of allylic oxidation sites excluding steroid dienone is 1. The van der Waals surface area contributed by atoms with Crippen molar-refractivity contribution in [2.45, 2.75) is 52.6 Å². The highest BCUT2D eigenvalue weighted by Gasteiger charge is 2.24. The first-order valence-corrected chi connectivity index (χ1v) is 7.18. The van der Waals surface area contributed by atoms with Gasteiger partial charge in [0.2, 0.25) is 0 Å². The Morgan fingerprint density at radius 2 is 1.95 bits per heavy atom. The van der Waals surface area contributed by atoms with Gasteiger partial charge in [-0.3, -0.25) is 10.2 Å². The van der Waals surface area contributed by atoms with E-state index in [1.165, 1.54) is 0 Å². The molecular formula is C15H24N2O4. The zero-order valence-electron chi connectivity index (χ0n) is 13.2. The minimum Gasteiger partial charge on any atom is -0.461 e. The fourth-order valence-corrected chi connectivity index (χ4v) is 2.10. The van der Waals surface area contributed by atoms with E-state index in [1.807, 2.05) is 20.8 Å². The normalized spacial score (nSPS) is 14.9. The second-order valence-electron chi connectivity index (χ2n) is 5.85. The van der Waals surface area contributed by atoms with E-state index in [0.717, 1.165) is 18.5 Å². The van der Waals surface area contributed by atoms with E-state index in [0.29, 0.717) is 12.0 Å². The lowest BCUT2D eigenvalue weighted by Crippen LogP contribution is -2.32. The molecule has 0 saturated heterocycles. The summed E-state index contributed by atoms with van der Waals surface area (Å²) in [5.41, 5.74) is 0.750. The van der Waals surface area contributed by atoms with E-state index in [4.69, 9.17) is 14.9 Å². The molecule has 0 fully saturated rings. The number of nitrogens with one attached hydrogen (secondary N) is 2. The summed E-state index contributed by atoms with van der Waals surface area (Å²) in [5, 5.41) is 10.9. The first-order valence-electron chi connectivity index (χ1n) is 7.18. The highest BCUT2D eigenvalue weighted by Crippen LogP contribution is 2.25. The van der Waals surface area contributed by atoms with Gasteiger partial charge < -0.3 is 14.8 Å². The van der Waals surface area contributed by atoms with Crippen molar-refractivity contribution in [3.63, 3.8) is 0 Å². The van der Waals surface area contributed by atoms with Gasteiger partial charge in [0.1, 0.15) is 17.9 Å². The van der Waals surface area contributed by atoms with Gasteiger partial charge in [0.15, 0.2) is 0 Å². The molecule has 6 heteroatoms. The Labute approximate surface area is 125 Å². The zero-order valence-corrected chi connectivity index (χ0v) is 13.2. The monoisotopic (exact) mass is 296 g/mol. The van der Waals surface area contributed by atoms with Crippen LogP contribution in [-0.4, -0.2) is 36.4 Å². The minimum absolute atomic E-state index is 0.0339. The first-order chi connectivity index (χ1) is 9.74. The second kappa shape index (κ2) is 7.24. The molecule has 0 aromatic carbocycles. The first kappa shape index (κ1) is 17.2. The van der Waals surface area contributed by atoms with E-state index >= 15 is 0 Å². The second-order valence-corrected chi connectivity index (χ2v) is 5.85. The van der Waals surface area contributed by atoms with Gasteiger partial charge in [0.25, 0.3) is 0 Å². The Balaban J connectivity index is 2.63. The molecule has 0 aromatic heterocycles. The highest BCUT2D eigenvalue weighted by atomic mass is 16.6. The Hall–Kier alpha value is -1.85. The van der Waals surface area contributed by atoms with Crippen LogP contribution in [0.15, 0.2) is 11.3 Å². The maximum atomic E-state index is 11.7. The third-order valence-corrected chi connectivity index (χ3v) is 2.87. The summed E-state index contributed by atoms with van der Waals surface area (Å²) in [4.78, 5) is 23.3. The van der Waals surface area contributed by atoms with Crippen molar-refractivity contribution in [2.24, 2.45) is 0 Å². The van der Waals surface area contributed by atoms with Crippen molar-refractivity contribution in [2.75, 3.05) is 13.2 Å². The van der Waals surface area contributed by atoms with E-state index in [-0.39, 0.29) is 24.8 Å². The van der Waals surface area contributed by atoms with Crippen LogP contribution < -0.4 is 5.32 Å². The lowest BCUT2D eigenvalue weighted by molar-refractivity contribution is -0.153. The van der Waals surface area contributed by atoms with Gasteiger partial charge in [-0.05, 0) is 47.0 Å².